The molecule has 1 aromatic carbocycles. The maximum atomic E-state index is 12.6. The number of piperidine rings is 1. The van der Waals surface area contributed by atoms with Gasteiger partial charge in [-0.2, -0.15) is 17.5 Å². The lowest BCUT2D eigenvalue weighted by molar-refractivity contribution is -0.0328. The quantitative estimate of drug-likeness (QED) is 0.833. The van der Waals surface area contributed by atoms with Gasteiger partial charge < -0.3 is 5.73 Å². The average molecular weight is 368 g/mol. The smallest absolute Gasteiger partial charge is 0.327 e. The van der Waals surface area contributed by atoms with Crippen LogP contribution in [0.5, 0.6) is 0 Å². The van der Waals surface area contributed by atoms with E-state index in [4.69, 9.17) is 5.73 Å². The fourth-order valence-electron chi connectivity index (χ4n) is 2.49. The summed E-state index contributed by atoms with van der Waals surface area (Å²) < 4.78 is 63.6. The summed E-state index contributed by atoms with van der Waals surface area (Å²) in [7, 11) is -3.73. The van der Waals surface area contributed by atoms with Crippen molar-refractivity contribution in [2.24, 2.45) is 11.1 Å². The topological polar surface area (TPSA) is 63.4 Å². The SMILES string of the molecule is CC1(C)CN(S(=O)(=O)c2ccc(SC(F)(F)F)cc2)CCC1N. The van der Waals surface area contributed by atoms with Gasteiger partial charge in [-0.15, -0.1) is 0 Å². The molecule has 0 aromatic heterocycles. The van der Waals surface area contributed by atoms with Crippen molar-refractivity contribution >= 4 is 21.8 Å². The molecule has 23 heavy (non-hydrogen) atoms. The van der Waals surface area contributed by atoms with Crippen LogP contribution >= 0.6 is 11.8 Å². The Kier molecular flexibility index (Phi) is 5.06. The highest BCUT2D eigenvalue weighted by Crippen LogP contribution is 2.37. The van der Waals surface area contributed by atoms with Crippen molar-refractivity contribution in [3.05, 3.63) is 24.3 Å². The van der Waals surface area contributed by atoms with Crippen molar-refractivity contribution in [2.75, 3.05) is 13.1 Å². The standard InChI is InChI=1S/C14H19F3N2O2S2/c1-13(2)9-19(8-7-12(13)18)23(20,21)11-5-3-10(4-6-11)22-14(15,16)17/h3-6,12H,7-9,18H2,1-2H3. The number of thioether (sulfide) groups is 1. The molecule has 0 saturated carbocycles. The predicted octanol–water partition coefficient (Wildman–Crippen LogP) is 3.05. The monoisotopic (exact) mass is 368 g/mol. The van der Waals surface area contributed by atoms with Crippen LogP contribution in [0, 0.1) is 5.41 Å². The van der Waals surface area contributed by atoms with Crippen molar-refractivity contribution in [1.82, 2.24) is 4.31 Å². The van der Waals surface area contributed by atoms with Gasteiger partial charge in [0, 0.05) is 24.0 Å². The van der Waals surface area contributed by atoms with E-state index in [1.807, 2.05) is 13.8 Å². The minimum atomic E-state index is -4.40. The summed E-state index contributed by atoms with van der Waals surface area (Å²) in [5.74, 6) is 0. The Balaban J connectivity index is 2.20. The van der Waals surface area contributed by atoms with Gasteiger partial charge in [0.25, 0.3) is 0 Å². The van der Waals surface area contributed by atoms with Crippen LogP contribution in [0.1, 0.15) is 20.3 Å². The molecular formula is C14H19F3N2O2S2. The molecule has 9 heteroatoms. The van der Waals surface area contributed by atoms with Crippen LogP contribution in [0.25, 0.3) is 0 Å². The van der Waals surface area contributed by atoms with Crippen LogP contribution < -0.4 is 5.73 Å². The van der Waals surface area contributed by atoms with Gasteiger partial charge in [0.1, 0.15) is 0 Å². The number of sulfonamides is 1. The summed E-state index contributed by atoms with van der Waals surface area (Å²) in [4.78, 5) is -0.0484. The van der Waals surface area contributed by atoms with Gasteiger partial charge in [-0.25, -0.2) is 8.42 Å². The molecule has 0 radical (unpaired) electrons. The highest BCUT2D eigenvalue weighted by Gasteiger charge is 2.38. The second-order valence-electron chi connectivity index (χ2n) is 6.24. The van der Waals surface area contributed by atoms with E-state index in [0.29, 0.717) is 13.0 Å². The van der Waals surface area contributed by atoms with Crippen molar-refractivity contribution in [3.63, 3.8) is 0 Å². The molecular weight excluding hydrogens is 349 g/mol. The molecule has 1 heterocycles. The second kappa shape index (κ2) is 6.27. The third kappa shape index (κ3) is 4.40. The van der Waals surface area contributed by atoms with Crippen LogP contribution in [0.2, 0.25) is 0 Å². The Morgan fingerprint density at radius 1 is 1.26 bits per heavy atom. The van der Waals surface area contributed by atoms with Crippen LogP contribution in [0.3, 0.4) is 0 Å². The van der Waals surface area contributed by atoms with Gasteiger partial charge >= 0.3 is 5.51 Å². The van der Waals surface area contributed by atoms with Crippen molar-refractivity contribution in [3.8, 4) is 0 Å². The first kappa shape index (κ1) is 18.6. The molecule has 1 unspecified atom stereocenters. The number of hydrogen-bond donors (Lipinski definition) is 1. The summed E-state index contributed by atoms with van der Waals surface area (Å²) in [6, 6.07) is 4.69. The lowest BCUT2D eigenvalue weighted by Crippen LogP contribution is -2.53. The van der Waals surface area contributed by atoms with Gasteiger partial charge in [0.2, 0.25) is 10.0 Å². The fraction of sp³-hybridized carbons (Fsp3) is 0.571. The molecule has 4 nitrogen and oxygen atoms in total. The van der Waals surface area contributed by atoms with Gasteiger partial charge in [-0.1, -0.05) is 13.8 Å². The zero-order valence-corrected chi connectivity index (χ0v) is 14.4. The number of nitrogens with two attached hydrogens (primary N) is 1. The Bertz CT molecular complexity index is 658. The van der Waals surface area contributed by atoms with Crippen LogP contribution in [0.4, 0.5) is 13.2 Å². The van der Waals surface area contributed by atoms with Crippen molar-refractivity contribution in [1.29, 1.82) is 0 Å². The molecule has 1 aliphatic rings. The lowest BCUT2D eigenvalue weighted by atomic mass is 9.81. The molecule has 1 atom stereocenters. The van der Waals surface area contributed by atoms with Crippen LogP contribution in [-0.2, 0) is 10.0 Å². The molecule has 1 saturated heterocycles. The van der Waals surface area contributed by atoms with E-state index in [-0.39, 0.29) is 39.6 Å². The number of halogens is 3. The van der Waals surface area contributed by atoms with E-state index >= 15 is 0 Å². The molecule has 1 aliphatic heterocycles. The molecule has 2 N–H and O–H groups in total. The number of hydrogen-bond acceptors (Lipinski definition) is 4. The fourth-order valence-corrected chi connectivity index (χ4v) is 4.66. The van der Waals surface area contributed by atoms with Crippen LogP contribution in [0.15, 0.2) is 34.1 Å². The highest BCUT2D eigenvalue weighted by atomic mass is 32.2. The minimum Gasteiger partial charge on any atom is -0.327 e. The Hall–Kier alpha value is -0.770. The first-order chi connectivity index (χ1) is 10.4. The number of alkyl halides is 3. The maximum Gasteiger partial charge on any atom is 0.446 e. The van der Waals surface area contributed by atoms with E-state index in [9.17, 15) is 21.6 Å². The summed E-state index contributed by atoms with van der Waals surface area (Å²) in [6.07, 6.45) is 0.550. The third-order valence-corrected chi connectivity index (χ3v) is 6.57. The normalized spacial score (nSPS) is 23.0. The van der Waals surface area contributed by atoms with E-state index < -0.39 is 15.5 Å². The summed E-state index contributed by atoms with van der Waals surface area (Å²) in [5.41, 5.74) is 1.26. The average Bonchev–Trinajstić information content (AvgIpc) is 2.40. The molecule has 130 valence electrons. The summed E-state index contributed by atoms with van der Waals surface area (Å²) in [6.45, 7) is 4.41. The number of rotatable bonds is 3. The first-order valence-corrected chi connectivity index (χ1v) is 9.29. The summed E-state index contributed by atoms with van der Waals surface area (Å²) >= 11 is -0.269. The first-order valence-electron chi connectivity index (χ1n) is 7.03. The second-order valence-corrected chi connectivity index (χ2v) is 9.32. The molecule has 0 amide bonds. The number of nitrogens with zero attached hydrogens (tertiary/aromatic N) is 1. The summed E-state index contributed by atoms with van der Waals surface area (Å²) in [5, 5.41) is 0. The lowest BCUT2D eigenvalue weighted by Gasteiger charge is -2.41. The van der Waals surface area contributed by atoms with Gasteiger partial charge in [-0.05, 0) is 47.9 Å². The largest absolute Gasteiger partial charge is 0.446 e. The molecule has 1 fully saturated rings. The Morgan fingerprint density at radius 2 is 1.83 bits per heavy atom. The highest BCUT2D eigenvalue weighted by molar-refractivity contribution is 8.00. The number of benzene rings is 1. The van der Waals surface area contributed by atoms with Gasteiger partial charge in [0.15, 0.2) is 0 Å². The van der Waals surface area contributed by atoms with E-state index in [1.54, 1.807) is 0 Å². The van der Waals surface area contributed by atoms with E-state index in [2.05, 4.69) is 0 Å². The molecule has 0 spiro atoms. The van der Waals surface area contributed by atoms with Gasteiger partial charge in [-0.3, -0.25) is 0 Å². The molecule has 2 rings (SSSR count). The van der Waals surface area contributed by atoms with Gasteiger partial charge in [0.05, 0.1) is 4.90 Å². The van der Waals surface area contributed by atoms with Crippen molar-refractivity contribution in [2.45, 2.75) is 41.6 Å². The molecule has 0 aliphatic carbocycles. The predicted molar refractivity (Wildman–Crippen MR) is 83.5 cm³/mol. The zero-order valence-electron chi connectivity index (χ0n) is 12.8. The maximum absolute atomic E-state index is 12.6. The third-order valence-electron chi connectivity index (χ3n) is 3.97. The molecule has 1 aromatic rings. The van der Waals surface area contributed by atoms with E-state index in [0.717, 1.165) is 0 Å². The van der Waals surface area contributed by atoms with Crippen LogP contribution in [-0.4, -0.2) is 37.4 Å². The van der Waals surface area contributed by atoms with Crippen molar-refractivity contribution < 1.29 is 21.6 Å². The zero-order chi connectivity index (χ0) is 17.5. The minimum absolute atomic E-state index is 0.00436. The Labute approximate surface area is 138 Å². The molecule has 0 bridgehead atoms. The van der Waals surface area contributed by atoms with E-state index in [1.165, 1.54) is 28.6 Å². The Morgan fingerprint density at radius 3 is 2.30 bits per heavy atom.